The molecule has 2 heteroatoms. The van der Waals surface area contributed by atoms with E-state index in [1.54, 1.807) is 0 Å². The maximum absolute atomic E-state index is 11.9. The molecule has 0 aliphatic heterocycles. The van der Waals surface area contributed by atoms with Crippen LogP contribution in [0.25, 0.3) is 0 Å². The molecular weight excluding hydrogens is 174 g/mol. The van der Waals surface area contributed by atoms with Gasteiger partial charge in [-0.2, -0.15) is 0 Å². The SMILES string of the molecule is CC1CCCC(C(=O)CC(C)(C)N)C1. The second-order valence-corrected chi connectivity index (χ2v) is 5.60. The van der Waals surface area contributed by atoms with E-state index < -0.39 is 0 Å². The topological polar surface area (TPSA) is 43.1 Å². The predicted molar refractivity (Wildman–Crippen MR) is 59.0 cm³/mol. The molecule has 0 aromatic rings. The second kappa shape index (κ2) is 4.43. The molecule has 0 amide bonds. The summed E-state index contributed by atoms with van der Waals surface area (Å²) in [7, 11) is 0. The third-order valence-electron chi connectivity index (χ3n) is 3.02. The fourth-order valence-corrected chi connectivity index (χ4v) is 2.32. The molecule has 0 heterocycles. The van der Waals surface area contributed by atoms with Crippen molar-refractivity contribution < 1.29 is 4.79 Å². The van der Waals surface area contributed by atoms with E-state index >= 15 is 0 Å². The largest absolute Gasteiger partial charge is 0.325 e. The molecule has 0 spiro atoms. The van der Waals surface area contributed by atoms with Crippen LogP contribution in [0.15, 0.2) is 0 Å². The van der Waals surface area contributed by atoms with E-state index in [2.05, 4.69) is 6.92 Å². The molecule has 2 N–H and O–H groups in total. The van der Waals surface area contributed by atoms with Gasteiger partial charge in [0.15, 0.2) is 0 Å². The third kappa shape index (κ3) is 3.79. The Labute approximate surface area is 87.2 Å². The Kier molecular flexibility index (Phi) is 3.71. The van der Waals surface area contributed by atoms with Gasteiger partial charge in [-0.1, -0.05) is 19.8 Å². The Bertz CT molecular complexity index is 205. The molecule has 1 aliphatic rings. The van der Waals surface area contributed by atoms with Crippen LogP contribution in [0, 0.1) is 11.8 Å². The van der Waals surface area contributed by atoms with Gasteiger partial charge in [-0.25, -0.2) is 0 Å². The third-order valence-corrected chi connectivity index (χ3v) is 3.02. The summed E-state index contributed by atoms with van der Waals surface area (Å²) in [4.78, 5) is 11.9. The van der Waals surface area contributed by atoms with Gasteiger partial charge in [-0.3, -0.25) is 4.79 Å². The monoisotopic (exact) mass is 197 g/mol. The average molecular weight is 197 g/mol. The van der Waals surface area contributed by atoms with Crippen molar-refractivity contribution in [2.75, 3.05) is 0 Å². The summed E-state index contributed by atoms with van der Waals surface area (Å²) in [6, 6.07) is 0. The highest BCUT2D eigenvalue weighted by Gasteiger charge is 2.27. The molecule has 14 heavy (non-hydrogen) atoms. The average Bonchev–Trinajstić information content (AvgIpc) is 2.01. The first kappa shape index (κ1) is 11.7. The highest BCUT2D eigenvalue weighted by atomic mass is 16.1. The summed E-state index contributed by atoms with van der Waals surface area (Å²) in [5.41, 5.74) is 5.52. The van der Waals surface area contributed by atoms with E-state index in [1.807, 2.05) is 13.8 Å². The van der Waals surface area contributed by atoms with E-state index in [0.29, 0.717) is 18.1 Å². The number of carbonyl (C=O) groups excluding carboxylic acids is 1. The summed E-state index contributed by atoms with van der Waals surface area (Å²) in [5.74, 6) is 1.39. The van der Waals surface area contributed by atoms with Crippen LogP contribution < -0.4 is 5.73 Å². The van der Waals surface area contributed by atoms with Crippen LogP contribution in [-0.2, 0) is 4.79 Å². The minimum Gasteiger partial charge on any atom is -0.325 e. The molecule has 1 fully saturated rings. The van der Waals surface area contributed by atoms with Crippen LogP contribution in [0.2, 0.25) is 0 Å². The molecule has 2 nitrogen and oxygen atoms in total. The van der Waals surface area contributed by atoms with Gasteiger partial charge >= 0.3 is 0 Å². The zero-order valence-electron chi connectivity index (χ0n) is 9.68. The van der Waals surface area contributed by atoms with Gasteiger partial charge in [0.05, 0.1) is 0 Å². The summed E-state index contributed by atoms with van der Waals surface area (Å²) >= 11 is 0. The molecule has 0 aromatic heterocycles. The van der Waals surface area contributed by atoms with Crippen molar-refractivity contribution in [1.82, 2.24) is 0 Å². The second-order valence-electron chi connectivity index (χ2n) is 5.60. The van der Waals surface area contributed by atoms with Crippen molar-refractivity contribution in [3.63, 3.8) is 0 Å². The molecule has 1 saturated carbocycles. The Hall–Kier alpha value is -0.370. The molecular formula is C12H23NO. The lowest BCUT2D eigenvalue weighted by Gasteiger charge is -2.28. The summed E-state index contributed by atoms with van der Waals surface area (Å²) in [6.07, 6.45) is 5.19. The molecule has 0 aromatic carbocycles. The van der Waals surface area contributed by atoms with E-state index in [1.165, 1.54) is 12.8 Å². The number of hydrogen-bond acceptors (Lipinski definition) is 2. The minimum absolute atomic E-state index is 0.293. The molecule has 2 unspecified atom stereocenters. The van der Waals surface area contributed by atoms with Crippen LogP contribution >= 0.6 is 0 Å². The summed E-state index contributed by atoms with van der Waals surface area (Å²) in [5, 5.41) is 0. The van der Waals surface area contributed by atoms with E-state index in [0.717, 1.165) is 18.8 Å². The Balaban J connectivity index is 2.44. The van der Waals surface area contributed by atoms with Gasteiger partial charge in [-0.15, -0.1) is 0 Å². The molecule has 0 bridgehead atoms. The van der Waals surface area contributed by atoms with Gasteiger partial charge in [0, 0.05) is 17.9 Å². The number of ketones is 1. The first-order chi connectivity index (χ1) is 6.38. The first-order valence-electron chi connectivity index (χ1n) is 5.70. The summed E-state index contributed by atoms with van der Waals surface area (Å²) < 4.78 is 0. The Morgan fingerprint density at radius 1 is 1.43 bits per heavy atom. The highest BCUT2D eigenvalue weighted by molar-refractivity contribution is 5.82. The standard InChI is InChI=1S/C12H23NO/c1-9-5-4-6-10(7-9)11(14)8-12(2,3)13/h9-10H,4-8,13H2,1-3H3. The zero-order valence-corrected chi connectivity index (χ0v) is 9.68. The summed E-state index contributed by atoms with van der Waals surface area (Å²) in [6.45, 7) is 6.10. The number of Topliss-reactive ketones (excluding diaryl/α,β-unsaturated/α-hetero) is 1. The molecule has 1 rings (SSSR count). The van der Waals surface area contributed by atoms with Gasteiger partial charge in [-0.05, 0) is 32.6 Å². The van der Waals surface area contributed by atoms with Gasteiger partial charge in [0.25, 0.3) is 0 Å². The van der Waals surface area contributed by atoms with Crippen molar-refractivity contribution in [3.8, 4) is 0 Å². The van der Waals surface area contributed by atoms with E-state index in [-0.39, 0.29) is 5.54 Å². The maximum Gasteiger partial charge on any atom is 0.137 e. The van der Waals surface area contributed by atoms with Crippen LogP contribution in [0.4, 0.5) is 0 Å². The quantitative estimate of drug-likeness (QED) is 0.755. The van der Waals surface area contributed by atoms with Crippen LogP contribution in [0.1, 0.15) is 52.9 Å². The number of carbonyl (C=O) groups is 1. The van der Waals surface area contributed by atoms with E-state index in [9.17, 15) is 4.79 Å². The van der Waals surface area contributed by atoms with Crippen molar-refractivity contribution in [3.05, 3.63) is 0 Å². The fourth-order valence-electron chi connectivity index (χ4n) is 2.32. The van der Waals surface area contributed by atoms with Crippen molar-refractivity contribution >= 4 is 5.78 Å². The predicted octanol–water partition coefficient (Wildman–Crippen LogP) is 2.51. The Morgan fingerprint density at radius 3 is 2.57 bits per heavy atom. The van der Waals surface area contributed by atoms with Gasteiger partial charge < -0.3 is 5.73 Å². The van der Waals surface area contributed by atoms with E-state index in [4.69, 9.17) is 5.73 Å². The lowest BCUT2D eigenvalue weighted by atomic mass is 9.78. The Morgan fingerprint density at radius 2 is 2.07 bits per heavy atom. The lowest BCUT2D eigenvalue weighted by Crippen LogP contribution is -2.37. The zero-order chi connectivity index (χ0) is 10.8. The normalized spacial score (nSPS) is 28.9. The van der Waals surface area contributed by atoms with Crippen LogP contribution in [0.5, 0.6) is 0 Å². The van der Waals surface area contributed by atoms with Crippen molar-refractivity contribution in [2.45, 2.75) is 58.4 Å². The fraction of sp³-hybridized carbons (Fsp3) is 0.917. The number of nitrogens with two attached hydrogens (primary N) is 1. The molecule has 0 saturated heterocycles. The molecule has 0 radical (unpaired) electrons. The van der Waals surface area contributed by atoms with Crippen molar-refractivity contribution in [2.24, 2.45) is 17.6 Å². The number of hydrogen-bond donors (Lipinski definition) is 1. The number of rotatable bonds is 3. The smallest absolute Gasteiger partial charge is 0.137 e. The van der Waals surface area contributed by atoms with Crippen LogP contribution in [0.3, 0.4) is 0 Å². The molecule has 2 atom stereocenters. The van der Waals surface area contributed by atoms with Crippen molar-refractivity contribution in [1.29, 1.82) is 0 Å². The molecule has 1 aliphatic carbocycles. The lowest BCUT2D eigenvalue weighted by molar-refractivity contribution is -0.125. The minimum atomic E-state index is -0.336. The van der Waals surface area contributed by atoms with Gasteiger partial charge in [0.2, 0.25) is 0 Å². The van der Waals surface area contributed by atoms with Crippen LogP contribution in [-0.4, -0.2) is 11.3 Å². The van der Waals surface area contributed by atoms with Gasteiger partial charge in [0.1, 0.15) is 5.78 Å². The highest BCUT2D eigenvalue weighted by Crippen LogP contribution is 2.30. The first-order valence-corrected chi connectivity index (χ1v) is 5.70. The maximum atomic E-state index is 11.9. The molecule has 82 valence electrons.